The lowest BCUT2D eigenvalue weighted by Crippen LogP contribution is -2.26. The lowest BCUT2D eigenvalue weighted by Gasteiger charge is -2.41. The topological polar surface area (TPSA) is 12.4 Å². The third-order valence-electron chi connectivity index (χ3n) is 2.58. The van der Waals surface area contributed by atoms with Gasteiger partial charge < -0.3 is 0 Å². The highest BCUT2D eigenvalue weighted by Crippen LogP contribution is 2.59. The van der Waals surface area contributed by atoms with E-state index in [0.29, 0.717) is 10.3 Å². The molecule has 0 aliphatic carbocycles. The molecule has 1 nitrogen and oxygen atoms in total. The van der Waals surface area contributed by atoms with Gasteiger partial charge in [-0.1, -0.05) is 49.5 Å². The summed E-state index contributed by atoms with van der Waals surface area (Å²) in [4.78, 5) is 4.58. The molecule has 0 heterocycles. The predicted octanol–water partition coefficient (Wildman–Crippen LogP) is 5.32. The van der Waals surface area contributed by atoms with Crippen LogP contribution in [0.25, 0.3) is 0 Å². The number of rotatable bonds is 3. The van der Waals surface area contributed by atoms with Crippen LogP contribution in [0.2, 0.25) is 0 Å². The molecular formula is C15H32NP. The largest absolute Gasteiger partial charge is 0.292 e. The van der Waals surface area contributed by atoms with Crippen LogP contribution in [0.3, 0.4) is 0 Å². The second-order valence-electron chi connectivity index (χ2n) is 7.76. The third-order valence-corrected chi connectivity index (χ3v) is 6.52. The van der Waals surface area contributed by atoms with Crippen LogP contribution in [0, 0.1) is 0 Å². The van der Waals surface area contributed by atoms with Gasteiger partial charge in [0.1, 0.15) is 0 Å². The van der Waals surface area contributed by atoms with Crippen LogP contribution in [0.15, 0.2) is 4.99 Å². The lowest BCUT2D eigenvalue weighted by molar-refractivity contribution is 0.585. The Morgan fingerprint density at radius 2 is 1.24 bits per heavy atom. The maximum absolute atomic E-state index is 4.58. The van der Waals surface area contributed by atoms with E-state index in [1.165, 1.54) is 6.16 Å². The highest BCUT2D eigenvalue weighted by Gasteiger charge is 2.33. The average molecular weight is 257 g/mol. The molecule has 0 atom stereocenters. The molecule has 0 rings (SSSR count). The first kappa shape index (κ1) is 17.1. The van der Waals surface area contributed by atoms with Crippen molar-refractivity contribution >= 4 is 14.1 Å². The van der Waals surface area contributed by atoms with Gasteiger partial charge in [-0.3, -0.25) is 4.99 Å². The summed E-state index contributed by atoms with van der Waals surface area (Å²) in [6.07, 6.45) is 4.55. The molecule has 0 aromatic carbocycles. The maximum Gasteiger partial charge on any atom is 0.0520 e. The van der Waals surface area contributed by atoms with Gasteiger partial charge in [0.05, 0.1) is 5.54 Å². The van der Waals surface area contributed by atoms with E-state index in [9.17, 15) is 0 Å². The van der Waals surface area contributed by atoms with Crippen molar-refractivity contribution < 1.29 is 0 Å². The predicted molar refractivity (Wildman–Crippen MR) is 84.2 cm³/mol. The Kier molecular flexibility index (Phi) is 5.86. The monoisotopic (exact) mass is 257 g/mol. The quantitative estimate of drug-likeness (QED) is 0.479. The fraction of sp³-hybridized carbons (Fsp3) is 0.933. The van der Waals surface area contributed by atoms with Gasteiger partial charge in [0.2, 0.25) is 0 Å². The van der Waals surface area contributed by atoms with Gasteiger partial charge in [0.25, 0.3) is 0 Å². The summed E-state index contributed by atoms with van der Waals surface area (Å²) in [5, 5.41) is 0.867. The molecule has 0 aliphatic heterocycles. The molecule has 0 bridgehead atoms. The van der Waals surface area contributed by atoms with Gasteiger partial charge in [-0.15, -0.1) is 0 Å². The molecule has 0 aliphatic rings. The van der Waals surface area contributed by atoms with Crippen molar-refractivity contribution in [1.29, 1.82) is 0 Å². The molecule has 0 saturated heterocycles. The summed E-state index contributed by atoms with van der Waals surface area (Å²) < 4.78 is 0. The Morgan fingerprint density at radius 3 is 1.53 bits per heavy atom. The van der Waals surface area contributed by atoms with E-state index in [1.54, 1.807) is 0 Å². The lowest BCUT2D eigenvalue weighted by atomic mass is 10.1. The third kappa shape index (κ3) is 7.92. The summed E-state index contributed by atoms with van der Waals surface area (Å²) in [5.74, 6) is 0. The summed E-state index contributed by atoms with van der Waals surface area (Å²) in [6, 6.07) is 0. The molecule has 17 heavy (non-hydrogen) atoms. The van der Waals surface area contributed by atoms with Crippen LogP contribution in [0.1, 0.15) is 68.7 Å². The van der Waals surface area contributed by atoms with E-state index in [4.69, 9.17) is 0 Å². The molecule has 0 unspecified atom stereocenters. The Bertz CT molecular complexity index is 234. The molecule has 0 aromatic heterocycles. The minimum atomic E-state index is 0.0185. The van der Waals surface area contributed by atoms with Gasteiger partial charge in [0.15, 0.2) is 0 Å². The summed E-state index contributed by atoms with van der Waals surface area (Å²) in [5.41, 5.74) is 0.0756. The van der Waals surface area contributed by atoms with Crippen LogP contribution in [0.5, 0.6) is 0 Å². The first-order valence-corrected chi connectivity index (χ1v) is 8.18. The van der Waals surface area contributed by atoms with Crippen LogP contribution >= 0.6 is 7.92 Å². The van der Waals surface area contributed by atoms with Crippen molar-refractivity contribution in [3.63, 3.8) is 0 Å². The minimum Gasteiger partial charge on any atom is -0.292 e. The molecule has 0 aromatic rings. The van der Waals surface area contributed by atoms with Gasteiger partial charge in [-0.25, -0.2) is 0 Å². The van der Waals surface area contributed by atoms with E-state index in [-0.39, 0.29) is 13.5 Å². The van der Waals surface area contributed by atoms with E-state index < -0.39 is 0 Å². The molecule has 0 spiro atoms. The molecule has 0 amide bonds. The Hall–Kier alpha value is 0.100. The Labute approximate surface area is 110 Å². The van der Waals surface area contributed by atoms with Crippen LogP contribution in [0.4, 0.5) is 0 Å². The normalized spacial score (nSPS) is 14.9. The van der Waals surface area contributed by atoms with Crippen molar-refractivity contribution in [3.8, 4) is 0 Å². The zero-order valence-electron chi connectivity index (χ0n) is 13.4. The molecule has 0 radical (unpaired) electrons. The molecule has 0 saturated carbocycles. The molecule has 0 N–H and O–H groups in total. The fourth-order valence-corrected chi connectivity index (χ4v) is 5.93. The highest BCUT2D eigenvalue weighted by molar-refractivity contribution is 7.60. The summed E-state index contributed by atoms with van der Waals surface area (Å²) in [6.45, 7) is 20.7. The zero-order valence-corrected chi connectivity index (χ0v) is 14.3. The van der Waals surface area contributed by atoms with Crippen molar-refractivity contribution in [1.82, 2.24) is 0 Å². The summed E-state index contributed by atoms with van der Waals surface area (Å²) >= 11 is 0. The number of hydrogen-bond donors (Lipinski definition) is 0. The standard InChI is InChI=1S/C15H32NP/c1-13(2,3)16-11-10-12-17(14(4,5)6)15(7,8)9/h11H,10,12H2,1-9H3. The minimum absolute atomic E-state index is 0.0185. The van der Waals surface area contributed by atoms with Gasteiger partial charge >= 0.3 is 0 Å². The van der Waals surface area contributed by atoms with E-state index in [2.05, 4.69) is 73.5 Å². The Morgan fingerprint density at radius 1 is 0.824 bits per heavy atom. The van der Waals surface area contributed by atoms with Crippen LogP contribution in [-0.2, 0) is 0 Å². The van der Waals surface area contributed by atoms with E-state index >= 15 is 0 Å². The van der Waals surface area contributed by atoms with Crippen LogP contribution in [-0.4, -0.2) is 28.2 Å². The number of hydrogen-bond acceptors (Lipinski definition) is 1. The van der Waals surface area contributed by atoms with Gasteiger partial charge in [0, 0.05) is 0 Å². The van der Waals surface area contributed by atoms with Crippen molar-refractivity contribution in [3.05, 3.63) is 0 Å². The zero-order chi connectivity index (χ0) is 13.9. The van der Waals surface area contributed by atoms with Crippen molar-refractivity contribution in [2.45, 2.75) is 84.6 Å². The molecule has 102 valence electrons. The average Bonchev–Trinajstić information content (AvgIpc) is 1.95. The second kappa shape index (κ2) is 5.83. The highest BCUT2D eigenvalue weighted by atomic mass is 31.1. The smallest absolute Gasteiger partial charge is 0.0520 e. The number of nitrogens with zero attached hydrogens (tertiary/aromatic N) is 1. The first-order chi connectivity index (χ1) is 7.34. The number of aliphatic imine (C=N–C) groups is 1. The van der Waals surface area contributed by atoms with Crippen molar-refractivity contribution in [2.24, 2.45) is 4.99 Å². The van der Waals surface area contributed by atoms with E-state index in [0.717, 1.165) is 6.42 Å². The fourth-order valence-electron chi connectivity index (χ4n) is 2.20. The molecule has 2 heteroatoms. The van der Waals surface area contributed by atoms with Gasteiger partial charge in [-0.05, 0) is 49.9 Å². The van der Waals surface area contributed by atoms with E-state index in [1.807, 2.05) is 0 Å². The molecular weight excluding hydrogens is 225 g/mol. The second-order valence-corrected chi connectivity index (χ2v) is 11.8. The summed E-state index contributed by atoms with van der Waals surface area (Å²) in [7, 11) is 0.0185. The maximum atomic E-state index is 4.58. The van der Waals surface area contributed by atoms with Crippen LogP contribution < -0.4 is 0 Å². The Balaban J connectivity index is 4.46. The first-order valence-electron chi connectivity index (χ1n) is 6.65. The molecule has 0 fully saturated rings. The SMILES string of the molecule is CC(C)(C)N=CCCP(C(C)(C)C)C(C)(C)C. The van der Waals surface area contributed by atoms with Crippen molar-refractivity contribution in [2.75, 3.05) is 6.16 Å². The van der Waals surface area contributed by atoms with Gasteiger partial charge in [-0.2, -0.15) is 0 Å².